The molecule has 98 valence electrons. The van der Waals surface area contributed by atoms with Gasteiger partial charge in [0.25, 0.3) is 0 Å². The van der Waals surface area contributed by atoms with E-state index in [0.717, 1.165) is 0 Å². The van der Waals surface area contributed by atoms with E-state index >= 15 is 0 Å². The minimum Gasteiger partial charge on any atom is -0.409 e. The van der Waals surface area contributed by atoms with Gasteiger partial charge in [-0.1, -0.05) is 5.16 Å². The largest absolute Gasteiger partial charge is 0.409 e. The number of nitrogens with one attached hydrogen (secondary N) is 1. The van der Waals surface area contributed by atoms with Crippen LogP contribution in [0, 0.1) is 5.82 Å². The number of halogens is 1. The van der Waals surface area contributed by atoms with Gasteiger partial charge in [-0.3, -0.25) is 4.79 Å². The summed E-state index contributed by atoms with van der Waals surface area (Å²) < 4.78 is 13.3. The van der Waals surface area contributed by atoms with E-state index in [9.17, 15) is 9.18 Å². The zero-order chi connectivity index (χ0) is 13.5. The number of amides is 1. The third-order valence-corrected chi connectivity index (χ3v) is 2.24. The Hall–Kier alpha value is -2.15. The summed E-state index contributed by atoms with van der Waals surface area (Å²) >= 11 is 0. The Morgan fingerprint density at radius 3 is 2.72 bits per heavy atom. The molecule has 1 aromatic rings. The van der Waals surface area contributed by atoms with Crippen molar-refractivity contribution < 1.29 is 14.4 Å². The summed E-state index contributed by atoms with van der Waals surface area (Å²) in [5.41, 5.74) is 11.3. The van der Waals surface area contributed by atoms with Gasteiger partial charge in [-0.2, -0.15) is 0 Å². The maximum atomic E-state index is 13.3. The standard InChI is InChI=1S/C11H15FN4O2/c12-9-4-7(6-15-2-1-10(13)17)3-8(5-9)11(14)16-18/h3-5,15,18H,1-2,6H2,(H2,13,17)(H2,14,16). The lowest BCUT2D eigenvalue weighted by Gasteiger charge is -2.06. The number of nitrogens with zero attached hydrogens (tertiary/aromatic N) is 1. The van der Waals surface area contributed by atoms with Gasteiger partial charge in [0.05, 0.1) is 0 Å². The molecule has 0 aliphatic rings. The van der Waals surface area contributed by atoms with Crippen molar-refractivity contribution in [3.8, 4) is 0 Å². The van der Waals surface area contributed by atoms with Crippen molar-refractivity contribution in [3.05, 3.63) is 35.1 Å². The molecule has 0 spiro atoms. The van der Waals surface area contributed by atoms with Crippen LogP contribution in [-0.4, -0.2) is 23.5 Å². The van der Waals surface area contributed by atoms with Crippen LogP contribution >= 0.6 is 0 Å². The molecule has 0 saturated carbocycles. The number of benzene rings is 1. The molecule has 7 heteroatoms. The Bertz CT molecular complexity index is 462. The molecule has 18 heavy (non-hydrogen) atoms. The second-order valence-electron chi connectivity index (χ2n) is 3.73. The van der Waals surface area contributed by atoms with Crippen molar-refractivity contribution in [2.24, 2.45) is 16.6 Å². The van der Waals surface area contributed by atoms with E-state index in [1.54, 1.807) is 6.07 Å². The highest BCUT2D eigenvalue weighted by molar-refractivity contribution is 5.97. The topological polar surface area (TPSA) is 114 Å². The lowest BCUT2D eigenvalue weighted by molar-refractivity contribution is -0.117. The fourth-order valence-corrected chi connectivity index (χ4v) is 1.40. The van der Waals surface area contributed by atoms with E-state index in [-0.39, 0.29) is 12.3 Å². The van der Waals surface area contributed by atoms with Crippen molar-refractivity contribution >= 4 is 11.7 Å². The summed E-state index contributed by atoms with van der Waals surface area (Å²) in [6, 6.07) is 4.09. The molecular weight excluding hydrogens is 239 g/mol. The summed E-state index contributed by atoms with van der Waals surface area (Å²) in [5, 5.41) is 14.3. The van der Waals surface area contributed by atoms with E-state index in [4.69, 9.17) is 16.7 Å². The van der Waals surface area contributed by atoms with E-state index in [1.807, 2.05) is 0 Å². The molecule has 0 aliphatic heterocycles. The molecule has 0 heterocycles. The first kappa shape index (κ1) is 13.9. The van der Waals surface area contributed by atoms with Crippen LogP contribution < -0.4 is 16.8 Å². The van der Waals surface area contributed by atoms with E-state index < -0.39 is 11.7 Å². The number of carbonyl (C=O) groups excluding carboxylic acids is 1. The number of hydrogen-bond acceptors (Lipinski definition) is 4. The summed E-state index contributed by atoms with van der Waals surface area (Å²) in [7, 11) is 0. The lowest BCUT2D eigenvalue weighted by Crippen LogP contribution is -2.22. The molecular formula is C11H15FN4O2. The minimum atomic E-state index is -0.481. The second kappa shape index (κ2) is 6.55. The molecule has 0 aromatic heterocycles. The average molecular weight is 254 g/mol. The first-order valence-corrected chi connectivity index (χ1v) is 5.29. The Labute approximate surface area is 103 Å². The normalized spacial score (nSPS) is 11.5. The van der Waals surface area contributed by atoms with Crippen molar-refractivity contribution in [2.75, 3.05) is 6.54 Å². The predicted molar refractivity (Wildman–Crippen MR) is 64.4 cm³/mol. The van der Waals surface area contributed by atoms with Crippen LogP contribution in [0.3, 0.4) is 0 Å². The van der Waals surface area contributed by atoms with Gasteiger partial charge in [-0.15, -0.1) is 0 Å². The van der Waals surface area contributed by atoms with Crippen molar-refractivity contribution in [1.29, 1.82) is 0 Å². The Balaban J connectivity index is 2.66. The fraction of sp³-hybridized carbons (Fsp3) is 0.273. The Morgan fingerprint density at radius 2 is 2.11 bits per heavy atom. The lowest BCUT2D eigenvalue weighted by atomic mass is 10.1. The third-order valence-electron chi connectivity index (χ3n) is 2.24. The van der Waals surface area contributed by atoms with Crippen LogP contribution in [0.25, 0.3) is 0 Å². The number of primary amides is 1. The van der Waals surface area contributed by atoms with Crippen molar-refractivity contribution in [3.63, 3.8) is 0 Å². The molecule has 1 aromatic carbocycles. The van der Waals surface area contributed by atoms with Gasteiger partial charge in [-0.25, -0.2) is 4.39 Å². The Kier molecular flexibility index (Phi) is 5.06. The van der Waals surface area contributed by atoms with Gasteiger partial charge < -0.3 is 22.0 Å². The van der Waals surface area contributed by atoms with Crippen LogP contribution in [-0.2, 0) is 11.3 Å². The van der Waals surface area contributed by atoms with Crippen LogP contribution in [0.5, 0.6) is 0 Å². The van der Waals surface area contributed by atoms with Crippen molar-refractivity contribution in [2.45, 2.75) is 13.0 Å². The molecule has 6 nitrogen and oxygen atoms in total. The molecule has 0 fully saturated rings. The molecule has 0 bridgehead atoms. The van der Waals surface area contributed by atoms with Crippen LogP contribution in [0.15, 0.2) is 23.4 Å². The molecule has 1 rings (SSSR count). The van der Waals surface area contributed by atoms with Crippen LogP contribution in [0.2, 0.25) is 0 Å². The number of carbonyl (C=O) groups is 1. The number of hydrogen-bond donors (Lipinski definition) is 4. The summed E-state index contributed by atoms with van der Waals surface area (Å²) in [6.45, 7) is 0.765. The Morgan fingerprint density at radius 1 is 1.39 bits per heavy atom. The van der Waals surface area contributed by atoms with Gasteiger partial charge in [-0.05, 0) is 23.8 Å². The van der Waals surface area contributed by atoms with Gasteiger partial charge in [0.1, 0.15) is 5.82 Å². The van der Waals surface area contributed by atoms with E-state index in [0.29, 0.717) is 24.2 Å². The van der Waals surface area contributed by atoms with Crippen molar-refractivity contribution in [1.82, 2.24) is 5.32 Å². The first-order chi connectivity index (χ1) is 8.52. The van der Waals surface area contributed by atoms with Crippen LogP contribution in [0.1, 0.15) is 17.5 Å². The highest BCUT2D eigenvalue weighted by Gasteiger charge is 2.05. The zero-order valence-corrected chi connectivity index (χ0v) is 9.69. The summed E-state index contributed by atoms with van der Waals surface area (Å²) in [6.07, 6.45) is 0.211. The molecule has 0 saturated heterocycles. The zero-order valence-electron chi connectivity index (χ0n) is 9.69. The average Bonchev–Trinajstić information content (AvgIpc) is 2.32. The summed E-state index contributed by atoms with van der Waals surface area (Å²) in [4.78, 5) is 10.5. The van der Waals surface area contributed by atoms with Gasteiger partial charge in [0.15, 0.2) is 5.84 Å². The third kappa shape index (κ3) is 4.38. The molecule has 0 unspecified atom stereocenters. The smallest absolute Gasteiger partial charge is 0.218 e. The maximum absolute atomic E-state index is 13.3. The minimum absolute atomic E-state index is 0.159. The molecule has 0 radical (unpaired) electrons. The van der Waals surface area contributed by atoms with E-state index in [2.05, 4.69) is 10.5 Å². The van der Waals surface area contributed by atoms with Gasteiger partial charge >= 0.3 is 0 Å². The number of rotatable bonds is 6. The number of oxime groups is 1. The quantitative estimate of drug-likeness (QED) is 0.186. The molecule has 0 aliphatic carbocycles. The van der Waals surface area contributed by atoms with E-state index in [1.165, 1.54) is 12.1 Å². The second-order valence-corrected chi connectivity index (χ2v) is 3.73. The highest BCUT2D eigenvalue weighted by Crippen LogP contribution is 2.09. The molecule has 1 amide bonds. The fourth-order valence-electron chi connectivity index (χ4n) is 1.40. The molecule has 6 N–H and O–H groups in total. The number of nitrogens with two attached hydrogens (primary N) is 2. The first-order valence-electron chi connectivity index (χ1n) is 5.29. The summed E-state index contributed by atoms with van der Waals surface area (Å²) in [5.74, 6) is -1.04. The monoisotopic (exact) mass is 254 g/mol. The predicted octanol–water partition coefficient (Wildman–Crippen LogP) is -0.115. The maximum Gasteiger partial charge on any atom is 0.218 e. The SMILES string of the molecule is NC(=O)CCNCc1cc(F)cc(/C(N)=N/O)c1. The van der Waals surface area contributed by atoms with Gasteiger partial charge in [0, 0.05) is 25.1 Å². The van der Waals surface area contributed by atoms with Gasteiger partial charge in [0.2, 0.25) is 5.91 Å². The molecule has 0 atom stereocenters. The number of amidine groups is 1. The highest BCUT2D eigenvalue weighted by atomic mass is 19.1. The van der Waals surface area contributed by atoms with Crippen LogP contribution in [0.4, 0.5) is 4.39 Å².